The summed E-state index contributed by atoms with van der Waals surface area (Å²) in [6.45, 7) is 1.08. The molecule has 0 spiro atoms. The van der Waals surface area contributed by atoms with E-state index in [4.69, 9.17) is 10.2 Å². The smallest absolute Gasteiger partial charge is 0.368 e. The van der Waals surface area contributed by atoms with Crippen LogP contribution in [0.1, 0.15) is 6.92 Å². The average molecular weight is 303 g/mol. The largest absolute Gasteiger partial charge is 0.477 e. The summed E-state index contributed by atoms with van der Waals surface area (Å²) >= 11 is 0. The monoisotopic (exact) mass is 303 g/mol. The van der Waals surface area contributed by atoms with Crippen LogP contribution in [0.2, 0.25) is 0 Å². The lowest BCUT2D eigenvalue weighted by Gasteiger charge is -2.28. The predicted molar refractivity (Wildman–Crippen MR) is 64.1 cm³/mol. The van der Waals surface area contributed by atoms with Crippen molar-refractivity contribution in [2.24, 2.45) is 0 Å². The molecule has 3 amide bonds. The molecule has 0 aromatic carbocycles. The number of carbonyl (C=O) groups is 3. The normalized spacial score (nSPS) is 25.7. The fourth-order valence-electron chi connectivity index (χ4n) is 2.39. The quantitative estimate of drug-likeness (QED) is 0.433. The number of hydrogen-bond donors (Lipinski definition) is 3. The Bertz CT molecular complexity index is 510. The summed E-state index contributed by atoms with van der Waals surface area (Å²) in [5.74, 6) is -2.44. The molecular formula is C11H14FN3O6. The highest BCUT2D eigenvalue weighted by Gasteiger charge is 2.48. The van der Waals surface area contributed by atoms with Gasteiger partial charge in [0.15, 0.2) is 0 Å². The first-order chi connectivity index (χ1) is 9.86. The van der Waals surface area contributed by atoms with E-state index in [1.807, 2.05) is 0 Å². The van der Waals surface area contributed by atoms with Crippen LogP contribution in [0.25, 0.3) is 0 Å². The number of carboxylic acid groups (broad SMARTS) is 1. The number of aliphatic hydroxyl groups excluding tert-OH is 1. The van der Waals surface area contributed by atoms with Gasteiger partial charge in [0.25, 0.3) is 0 Å². The van der Waals surface area contributed by atoms with Gasteiger partial charge in [0.2, 0.25) is 5.91 Å². The molecule has 116 valence electrons. The van der Waals surface area contributed by atoms with Crippen LogP contribution in [-0.2, 0) is 14.4 Å². The molecule has 1 fully saturated rings. The maximum absolute atomic E-state index is 13.1. The average Bonchev–Trinajstić information content (AvgIpc) is 2.64. The number of nitrogens with zero attached hydrogens (tertiary/aromatic N) is 2. The number of amides is 3. The molecule has 2 rings (SSSR count). The van der Waals surface area contributed by atoms with Crippen LogP contribution in [0.4, 0.5) is 9.18 Å². The summed E-state index contributed by atoms with van der Waals surface area (Å²) in [5, 5.41) is 20.0. The summed E-state index contributed by atoms with van der Waals surface area (Å²) < 4.78 is 13.1. The zero-order valence-electron chi connectivity index (χ0n) is 11.0. The fourth-order valence-corrected chi connectivity index (χ4v) is 2.39. The van der Waals surface area contributed by atoms with Gasteiger partial charge in [-0.2, -0.15) is 5.06 Å². The number of halogens is 1. The SMILES string of the molecule is CC1=C[C@@H]2CN(C(=O)N2O[C@@H](F)C(=O)O)[C@@H]1C(=O)NCO. The minimum Gasteiger partial charge on any atom is -0.477 e. The van der Waals surface area contributed by atoms with E-state index in [1.165, 1.54) is 6.08 Å². The van der Waals surface area contributed by atoms with Crippen molar-refractivity contribution >= 4 is 17.9 Å². The number of aliphatic carboxylic acids is 1. The molecule has 3 N–H and O–H groups in total. The van der Waals surface area contributed by atoms with Crippen LogP contribution in [-0.4, -0.2) is 69.8 Å². The van der Waals surface area contributed by atoms with Gasteiger partial charge < -0.3 is 20.4 Å². The van der Waals surface area contributed by atoms with Crippen molar-refractivity contribution in [3.05, 3.63) is 11.6 Å². The number of carboxylic acids is 1. The Morgan fingerprint density at radius 1 is 1.62 bits per heavy atom. The number of alkyl halides is 1. The van der Waals surface area contributed by atoms with Crippen molar-refractivity contribution < 1.29 is 33.8 Å². The standard InChI is InChI=1S/C11H14FN3O6/c1-5-2-6-3-14(7(5)9(17)13-4-16)11(20)15(6)21-8(12)10(18)19/h2,6-8,16H,3-4H2,1H3,(H,13,17)(H,18,19)/t6-,7+,8-/m1/s1. The lowest BCUT2D eigenvalue weighted by atomic mass is 10.0. The molecule has 0 aromatic heterocycles. The maximum Gasteiger partial charge on any atom is 0.368 e. The van der Waals surface area contributed by atoms with Crippen LogP contribution >= 0.6 is 0 Å². The van der Waals surface area contributed by atoms with Crippen LogP contribution in [0, 0.1) is 0 Å². The van der Waals surface area contributed by atoms with Gasteiger partial charge in [0.05, 0.1) is 12.6 Å². The number of nitrogens with one attached hydrogen (secondary N) is 1. The summed E-state index contributed by atoms with van der Waals surface area (Å²) in [5.41, 5.74) is 0.516. The fraction of sp³-hybridized carbons (Fsp3) is 0.545. The van der Waals surface area contributed by atoms with Gasteiger partial charge >= 0.3 is 18.4 Å². The van der Waals surface area contributed by atoms with Gasteiger partial charge in [-0.25, -0.2) is 18.8 Å². The zero-order chi connectivity index (χ0) is 15.7. The van der Waals surface area contributed by atoms with Crippen LogP contribution in [0.15, 0.2) is 11.6 Å². The summed E-state index contributed by atoms with van der Waals surface area (Å²) in [7, 11) is 0. The first-order valence-corrected chi connectivity index (χ1v) is 6.07. The highest BCUT2D eigenvalue weighted by atomic mass is 19.1. The number of hydroxylamine groups is 2. The second-order valence-electron chi connectivity index (χ2n) is 4.60. The van der Waals surface area contributed by atoms with Gasteiger partial charge in [-0.05, 0) is 12.5 Å². The first kappa shape index (κ1) is 15.2. The van der Waals surface area contributed by atoms with E-state index in [9.17, 15) is 18.8 Å². The first-order valence-electron chi connectivity index (χ1n) is 6.07. The third kappa shape index (κ3) is 2.67. The van der Waals surface area contributed by atoms with Crippen LogP contribution < -0.4 is 5.32 Å². The van der Waals surface area contributed by atoms with Crippen LogP contribution in [0.5, 0.6) is 0 Å². The van der Waals surface area contributed by atoms with Gasteiger partial charge in [-0.15, -0.1) is 0 Å². The number of fused-ring (bicyclic) bond motifs is 2. The molecule has 3 atom stereocenters. The Balaban J connectivity index is 2.19. The van der Waals surface area contributed by atoms with Crippen LogP contribution in [0.3, 0.4) is 0 Å². The molecule has 2 bridgehead atoms. The van der Waals surface area contributed by atoms with E-state index in [-0.39, 0.29) is 6.54 Å². The number of rotatable bonds is 5. The lowest BCUT2D eigenvalue weighted by Crippen LogP contribution is -2.50. The molecule has 0 radical (unpaired) electrons. The Morgan fingerprint density at radius 2 is 2.29 bits per heavy atom. The Labute approximate surface area is 118 Å². The van der Waals surface area contributed by atoms with E-state index in [2.05, 4.69) is 10.2 Å². The molecule has 2 heterocycles. The third-order valence-corrected chi connectivity index (χ3v) is 3.22. The zero-order valence-corrected chi connectivity index (χ0v) is 11.0. The molecule has 2 aliphatic rings. The van der Waals surface area contributed by atoms with Crippen molar-refractivity contribution in [1.82, 2.24) is 15.3 Å². The van der Waals surface area contributed by atoms with E-state index < -0.39 is 43.1 Å². The van der Waals surface area contributed by atoms with Gasteiger partial charge in [0.1, 0.15) is 12.8 Å². The second-order valence-corrected chi connectivity index (χ2v) is 4.60. The number of urea groups is 1. The number of aliphatic hydroxyl groups is 1. The molecule has 2 aliphatic heterocycles. The topological polar surface area (TPSA) is 119 Å². The molecular weight excluding hydrogens is 289 g/mol. The highest BCUT2D eigenvalue weighted by molar-refractivity contribution is 5.91. The molecule has 1 saturated heterocycles. The summed E-state index contributed by atoms with van der Waals surface area (Å²) in [6, 6.07) is -2.43. The van der Waals surface area contributed by atoms with Crippen molar-refractivity contribution in [2.75, 3.05) is 13.3 Å². The molecule has 0 saturated carbocycles. The highest BCUT2D eigenvalue weighted by Crippen LogP contribution is 2.30. The van der Waals surface area contributed by atoms with Crippen molar-refractivity contribution in [1.29, 1.82) is 0 Å². The third-order valence-electron chi connectivity index (χ3n) is 3.22. The number of hydrogen-bond acceptors (Lipinski definition) is 5. The molecule has 21 heavy (non-hydrogen) atoms. The summed E-state index contributed by atoms with van der Waals surface area (Å²) in [6.07, 6.45) is -1.15. The maximum atomic E-state index is 13.1. The van der Waals surface area contributed by atoms with E-state index >= 15 is 0 Å². The van der Waals surface area contributed by atoms with E-state index in [1.54, 1.807) is 6.92 Å². The molecule has 0 aromatic rings. The van der Waals surface area contributed by atoms with E-state index in [0.29, 0.717) is 10.6 Å². The Morgan fingerprint density at radius 3 is 2.86 bits per heavy atom. The minimum absolute atomic E-state index is 0.0615. The van der Waals surface area contributed by atoms with E-state index in [0.717, 1.165) is 4.90 Å². The van der Waals surface area contributed by atoms with Crippen molar-refractivity contribution in [2.45, 2.75) is 25.4 Å². The lowest BCUT2D eigenvalue weighted by molar-refractivity contribution is -0.219. The van der Waals surface area contributed by atoms with Gasteiger partial charge in [-0.3, -0.25) is 4.79 Å². The minimum atomic E-state index is -2.67. The van der Waals surface area contributed by atoms with Gasteiger partial charge in [-0.1, -0.05) is 6.08 Å². The van der Waals surface area contributed by atoms with Crippen molar-refractivity contribution in [3.8, 4) is 0 Å². The van der Waals surface area contributed by atoms with Gasteiger partial charge in [0, 0.05) is 0 Å². The second kappa shape index (κ2) is 5.66. The Kier molecular flexibility index (Phi) is 4.09. The molecule has 0 unspecified atom stereocenters. The van der Waals surface area contributed by atoms with Crippen molar-refractivity contribution in [3.63, 3.8) is 0 Å². The molecule has 9 nitrogen and oxygen atoms in total. The molecule has 10 heteroatoms. The Hall–Kier alpha value is -2.20. The summed E-state index contributed by atoms with van der Waals surface area (Å²) in [4.78, 5) is 40.0. The molecule has 0 aliphatic carbocycles. The predicted octanol–water partition coefficient (Wildman–Crippen LogP) is -1.20. The number of carbonyl (C=O) groups excluding carboxylic acids is 2.